The molecule has 0 fully saturated rings. The summed E-state index contributed by atoms with van der Waals surface area (Å²) in [7, 11) is 0. The van der Waals surface area contributed by atoms with E-state index in [9.17, 15) is 9.90 Å². The molecule has 0 unspecified atom stereocenters. The van der Waals surface area contributed by atoms with Gasteiger partial charge in [0.1, 0.15) is 4.91 Å². The van der Waals surface area contributed by atoms with Gasteiger partial charge in [0.05, 0.1) is 0 Å². The van der Waals surface area contributed by atoms with Gasteiger partial charge in [-0.3, -0.25) is 5.10 Å². The zero-order valence-corrected chi connectivity index (χ0v) is 21.8. The van der Waals surface area contributed by atoms with Crippen molar-refractivity contribution < 1.29 is 9.90 Å². The van der Waals surface area contributed by atoms with E-state index >= 15 is 0 Å². The molecule has 0 aliphatic rings. The number of aryl methyl sites for hydroxylation is 2. The molecule has 0 spiro atoms. The first-order chi connectivity index (χ1) is 15.7. The number of halogens is 2. The second kappa shape index (κ2) is 9.74. The summed E-state index contributed by atoms with van der Waals surface area (Å²) < 4.78 is 3.31. The second-order valence-electron chi connectivity index (χ2n) is 7.48. The van der Waals surface area contributed by atoms with Crippen LogP contribution in [0.1, 0.15) is 22.5 Å². The normalized spacial score (nSPS) is 11.7. The lowest BCUT2D eigenvalue weighted by Crippen LogP contribution is -2.01. The Bertz CT molecular complexity index is 1380. The number of aromatic amines is 1. The Kier molecular flexibility index (Phi) is 6.96. The molecule has 0 bridgehead atoms. The molecule has 0 atom stereocenters. The highest BCUT2D eigenvalue weighted by Crippen LogP contribution is 2.30. The summed E-state index contributed by atoms with van der Waals surface area (Å²) in [6, 6.07) is 15.5. The van der Waals surface area contributed by atoms with Crippen LogP contribution in [0.25, 0.3) is 23.2 Å². The Morgan fingerprint density at radius 2 is 1.88 bits per heavy atom. The van der Waals surface area contributed by atoms with Gasteiger partial charge in [0.25, 0.3) is 0 Å². The fourth-order valence-corrected chi connectivity index (χ4v) is 4.78. The van der Waals surface area contributed by atoms with Gasteiger partial charge in [0.2, 0.25) is 5.16 Å². The van der Waals surface area contributed by atoms with Crippen LogP contribution in [-0.2, 0) is 4.79 Å². The summed E-state index contributed by atoms with van der Waals surface area (Å²) in [5.41, 5.74) is 5.90. The Balaban J connectivity index is 1.65. The van der Waals surface area contributed by atoms with Crippen molar-refractivity contribution in [1.82, 2.24) is 19.7 Å². The lowest BCUT2D eigenvalue weighted by Gasteiger charge is -2.11. The number of hydrogen-bond acceptors (Lipinski definition) is 4. The number of carboxylic acid groups (broad SMARTS) is 1. The number of nitrogens with zero attached hydrogens (tertiary/aromatic N) is 3. The predicted octanol–water partition coefficient (Wildman–Crippen LogP) is 6.66. The number of rotatable bonds is 6. The SMILES string of the molecule is Cc1ccc(-n2c(C)cc(/C=C(\Sc3n[nH]c(-c4ccc(Cl)cc4)n3)C(=O)O)c2C)cc1I. The van der Waals surface area contributed by atoms with Crippen molar-refractivity contribution in [3.05, 3.63) is 84.5 Å². The van der Waals surface area contributed by atoms with E-state index < -0.39 is 5.97 Å². The van der Waals surface area contributed by atoms with Crippen molar-refractivity contribution in [3.63, 3.8) is 0 Å². The summed E-state index contributed by atoms with van der Waals surface area (Å²) in [5.74, 6) is -0.487. The molecular formula is C24H20ClIN4O2S. The maximum absolute atomic E-state index is 12.0. The number of H-pyrrole nitrogens is 1. The first kappa shape index (κ1) is 23.6. The van der Waals surface area contributed by atoms with E-state index in [1.807, 2.05) is 32.0 Å². The highest BCUT2D eigenvalue weighted by Gasteiger charge is 2.17. The minimum Gasteiger partial charge on any atom is -0.477 e. The summed E-state index contributed by atoms with van der Waals surface area (Å²) in [4.78, 5) is 16.6. The Labute approximate surface area is 214 Å². The average molecular weight is 591 g/mol. The van der Waals surface area contributed by atoms with Crippen molar-refractivity contribution >= 4 is 58.0 Å². The van der Waals surface area contributed by atoms with Gasteiger partial charge >= 0.3 is 5.97 Å². The Morgan fingerprint density at radius 1 is 1.15 bits per heavy atom. The molecule has 0 amide bonds. The van der Waals surface area contributed by atoms with Crippen molar-refractivity contribution in [2.45, 2.75) is 25.9 Å². The minimum atomic E-state index is -1.03. The fraction of sp³-hybridized carbons (Fsp3) is 0.125. The van der Waals surface area contributed by atoms with Crippen LogP contribution in [-0.4, -0.2) is 30.8 Å². The summed E-state index contributed by atoms with van der Waals surface area (Å²) in [6.45, 7) is 6.08. The predicted molar refractivity (Wildman–Crippen MR) is 141 cm³/mol. The number of nitrogens with one attached hydrogen (secondary N) is 1. The number of aliphatic carboxylic acids is 1. The van der Waals surface area contributed by atoms with E-state index in [2.05, 4.69) is 67.5 Å². The van der Waals surface area contributed by atoms with Crippen LogP contribution >= 0.6 is 46.0 Å². The van der Waals surface area contributed by atoms with Crippen LogP contribution in [0, 0.1) is 24.3 Å². The molecule has 4 aromatic rings. The van der Waals surface area contributed by atoms with Gasteiger partial charge in [-0.1, -0.05) is 17.7 Å². The minimum absolute atomic E-state index is 0.135. The Morgan fingerprint density at radius 3 is 2.55 bits per heavy atom. The summed E-state index contributed by atoms with van der Waals surface area (Å²) in [5, 5.41) is 17.8. The molecule has 0 saturated carbocycles. The van der Waals surface area contributed by atoms with E-state index in [1.54, 1.807) is 18.2 Å². The van der Waals surface area contributed by atoms with E-state index in [0.717, 1.165) is 40.0 Å². The van der Waals surface area contributed by atoms with Gasteiger partial charge in [0, 0.05) is 31.2 Å². The number of carbonyl (C=O) groups is 1. The number of hydrogen-bond donors (Lipinski definition) is 2. The quantitative estimate of drug-likeness (QED) is 0.149. The first-order valence-corrected chi connectivity index (χ1v) is 12.3. The highest BCUT2D eigenvalue weighted by molar-refractivity contribution is 14.1. The smallest absolute Gasteiger partial charge is 0.342 e. The molecule has 2 heterocycles. The van der Waals surface area contributed by atoms with Crippen molar-refractivity contribution in [2.24, 2.45) is 0 Å². The van der Waals surface area contributed by atoms with E-state index in [-0.39, 0.29) is 4.91 Å². The standard InChI is InChI=1S/C24H20ClIN4O2S/c1-13-4-9-19(12-20(13)26)30-14(2)10-17(15(30)3)11-21(23(31)32)33-24-27-22(28-29-24)16-5-7-18(25)8-6-16/h4-12H,1-3H3,(H,31,32)(H,27,28,29)/b21-11-. The highest BCUT2D eigenvalue weighted by atomic mass is 127. The molecule has 168 valence electrons. The molecule has 6 nitrogen and oxygen atoms in total. The van der Waals surface area contributed by atoms with Crippen LogP contribution in [0.3, 0.4) is 0 Å². The zero-order chi connectivity index (χ0) is 23.7. The van der Waals surface area contributed by atoms with Gasteiger partial charge in [-0.15, -0.1) is 5.10 Å². The first-order valence-electron chi connectivity index (χ1n) is 9.99. The van der Waals surface area contributed by atoms with Crippen molar-refractivity contribution in [1.29, 1.82) is 0 Å². The van der Waals surface area contributed by atoms with E-state index in [1.165, 1.54) is 9.13 Å². The van der Waals surface area contributed by atoms with Gasteiger partial charge in [-0.05, 0) is 115 Å². The van der Waals surface area contributed by atoms with E-state index in [4.69, 9.17) is 11.6 Å². The van der Waals surface area contributed by atoms with Crippen molar-refractivity contribution in [2.75, 3.05) is 0 Å². The van der Waals surface area contributed by atoms with Crippen LogP contribution in [0.15, 0.2) is 58.6 Å². The molecule has 4 rings (SSSR count). The molecule has 2 aromatic heterocycles. The van der Waals surface area contributed by atoms with Gasteiger partial charge in [-0.25, -0.2) is 9.78 Å². The number of carboxylic acids is 1. The second-order valence-corrected chi connectivity index (χ2v) is 10.1. The molecule has 33 heavy (non-hydrogen) atoms. The molecule has 0 saturated heterocycles. The van der Waals surface area contributed by atoms with Gasteiger partial charge < -0.3 is 9.67 Å². The lowest BCUT2D eigenvalue weighted by atomic mass is 10.2. The van der Waals surface area contributed by atoms with Crippen LogP contribution in [0.2, 0.25) is 5.02 Å². The third-order valence-electron chi connectivity index (χ3n) is 5.17. The molecule has 2 N–H and O–H groups in total. The number of aromatic nitrogens is 4. The van der Waals surface area contributed by atoms with Crippen molar-refractivity contribution in [3.8, 4) is 17.1 Å². The topological polar surface area (TPSA) is 83.8 Å². The van der Waals surface area contributed by atoms with Crippen LogP contribution in [0.5, 0.6) is 0 Å². The molecule has 9 heteroatoms. The monoisotopic (exact) mass is 590 g/mol. The molecular weight excluding hydrogens is 571 g/mol. The average Bonchev–Trinajstić information content (AvgIpc) is 3.34. The Hall–Kier alpha value is -2.56. The third kappa shape index (κ3) is 5.18. The largest absolute Gasteiger partial charge is 0.477 e. The summed E-state index contributed by atoms with van der Waals surface area (Å²) in [6.07, 6.45) is 1.67. The van der Waals surface area contributed by atoms with Gasteiger partial charge in [-0.2, -0.15) is 0 Å². The van der Waals surface area contributed by atoms with Crippen LogP contribution < -0.4 is 0 Å². The number of benzene rings is 2. The zero-order valence-electron chi connectivity index (χ0n) is 18.1. The fourth-order valence-electron chi connectivity index (χ4n) is 3.46. The third-order valence-corrected chi connectivity index (χ3v) is 7.46. The molecule has 0 aliphatic carbocycles. The lowest BCUT2D eigenvalue weighted by molar-refractivity contribution is -0.131. The summed E-state index contributed by atoms with van der Waals surface area (Å²) >= 11 is 9.27. The van der Waals surface area contributed by atoms with Crippen LogP contribution in [0.4, 0.5) is 0 Å². The molecule has 0 radical (unpaired) electrons. The molecule has 0 aliphatic heterocycles. The van der Waals surface area contributed by atoms with E-state index in [0.29, 0.717) is 16.0 Å². The maximum Gasteiger partial charge on any atom is 0.342 e. The maximum atomic E-state index is 12.0. The van der Waals surface area contributed by atoms with Gasteiger partial charge in [0.15, 0.2) is 5.82 Å². The molecule has 2 aromatic carbocycles. The number of thioether (sulfide) groups is 1.